The number of aromatic nitrogens is 2. The third kappa shape index (κ3) is 3.30. The molecule has 1 aromatic heterocycles. The molecule has 0 aliphatic carbocycles. The lowest BCUT2D eigenvalue weighted by molar-refractivity contribution is 0.0918. The third-order valence-electron chi connectivity index (χ3n) is 2.10. The molecule has 0 aliphatic rings. The van der Waals surface area contributed by atoms with Gasteiger partial charge in [-0.15, -0.1) is 0 Å². The Bertz CT molecular complexity index is 352. The summed E-state index contributed by atoms with van der Waals surface area (Å²) < 4.78 is 11.3. The van der Waals surface area contributed by atoms with Crippen molar-refractivity contribution in [3.05, 3.63) is 16.9 Å². The molecule has 0 radical (unpaired) electrons. The molecule has 6 heteroatoms. The Kier molecular flexibility index (Phi) is 5.45. The van der Waals surface area contributed by atoms with Gasteiger partial charge < -0.3 is 9.47 Å². The number of nitrogens with zero attached hydrogens (tertiary/aromatic N) is 2. The smallest absolute Gasteiger partial charge is 0.184 e. The zero-order chi connectivity index (χ0) is 12.0. The van der Waals surface area contributed by atoms with Gasteiger partial charge in [0.15, 0.2) is 5.78 Å². The number of carbonyl (C=O) groups is 1. The second kappa shape index (κ2) is 6.62. The maximum Gasteiger partial charge on any atom is 0.184 e. The zero-order valence-electron chi connectivity index (χ0n) is 9.40. The van der Waals surface area contributed by atoms with E-state index in [9.17, 15) is 4.79 Å². The van der Waals surface area contributed by atoms with Gasteiger partial charge >= 0.3 is 0 Å². The fourth-order valence-electron chi connectivity index (χ4n) is 1.30. The van der Waals surface area contributed by atoms with Crippen LogP contribution in [0.5, 0.6) is 0 Å². The zero-order valence-corrected chi connectivity index (χ0v) is 10.2. The minimum absolute atomic E-state index is 0.0690. The maximum absolute atomic E-state index is 11.8. The van der Waals surface area contributed by atoms with Crippen molar-refractivity contribution < 1.29 is 14.3 Å². The molecule has 0 aromatic carbocycles. The summed E-state index contributed by atoms with van der Waals surface area (Å²) in [5, 5.41) is 4.40. The van der Waals surface area contributed by atoms with Crippen LogP contribution < -0.4 is 0 Å². The average molecular weight is 247 g/mol. The topological polar surface area (TPSA) is 53.3 Å². The molecule has 0 aliphatic heterocycles. The molecule has 16 heavy (non-hydrogen) atoms. The Morgan fingerprint density at radius 2 is 2.12 bits per heavy atom. The van der Waals surface area contributed by atoms with E-state index in [1.165, 1.54) is 6.20 Å². The van der Waals surface area contributed by atoms with Crippen molar-refractivity contribution in [3.63, 3.8) is 0 Å². The fourth-order valence-corrected chi connectivity index (χ4v) is 1.55. The Morgan fingerprint density at radius 1 is 1.44 bits per heavy atom. The summed E-state index contributed by atoms with van der Waals surface area (Å²) >= 11 is 5.91. The number of methoxy groups -OCH3 is 2. The van der Waals surface area contributed by atoms with Crippen LogP contribution in [0.25, 0.3) is 0 Å². The lowest BCUT2D eigenvalue weighted by atomic mass is 10.2. The van der Waals surface area contributed by atoms with Gasteiger partial charge in [-0.3, -0.25) is 9.48 Å². The first-order valence-corrected chi connectivity index (χ1v) is 5.31. The van der Waals surface area contributed by atoms with Gasteiger partial charge in [0.1, 0.15) is 5.69 Å². The highest BCUT2D eigenvalue weighted by Gasteiger charge is 2.16. The van der Waals surface area contributed by atoms with Crippen molar-refractivity contribution in [3.8, 4) is 0 Å². The minimum atomic E-state index is -0.0690. The molecule has 0 saturated carbocycles. The molecule has 0 saturated heterocycles. The minimum Gasteiger partial charge on any atom is -0.384 e. The number of hydrogen-bond donors (Lipinski definition) is 0. The van der Waals surface area contributed by atoms with Gasteiger partial charge in [-0.25, -0.2) is 0 Å². The number of Topliss-reactive ketones (excluding diaryl/α,β-unsaturated/α-hetero) is 1. The lowest BCUT2D eigenvalue weighted by Gasteiger charge is -2.06. The van der Waals surface area contributed by atoms with Crippen molar-refractivity contribution in [2.45, 2.75) is 13.0 Å². The van der Waals surface area contributed by atoms with E-state index in [0.29, 0.717) is 36.9 Å². The number of halogens is 1. The van der Waals surface area contributed by atoms with Gasteiger partial charge in [-0.2, -0.15) is 5.10 Å². The summed E-state index contributed by atoms with van der Waals surface area (Å²) in [6.45, 7) is 1.38. The fraction of sp³-hybridized carbons (Fsp3) is 0.600. The summed E-state index contributed by atoms with van der Waals surface area (Å²) in [6, 6.07) is 0. The van der Waals surface area contributed by atoms with Crippen molar-refractivity contribution >= 4 is 17.4 Å². The van der Waals surface area contributed by atoms with Gasteiger partial charge in [-0.05, 0) is 0 Å². The summed E-state index contributed by atoms with van der Waals surface area (Å²) in [7, 11) is 3.15. The third-order valence-corrected chi connectivity index (χ3v) is 2.38. The standard InChI is InChI=1S/C10H15ClN2O3/c1-15-5-3-9(14)10-8(11)7-12-13(10)4-6-16-2/h7H,3-6H2,1-2H3. The molecule has 0 unspecified atom stereocenters. The average Bonchev–Trinajstić information content (AvgIpc) is 2.64. The van der Waals surface area contributed by atoms with E-state index in [-0.39, 0.29) is 5.78 Å². The van der Waals surface area contributed by atoms with Crippen LogP contribution in [-0.4, -0.2) is 43.0 Å². The first-order valence-electron chi connectivity index (χ1n) is 4.93. The predicted molar refractivity (Wildman–Crippen MR) is 59.9 cm³/mol. The molecule has 0 atom stereocenters. The molecule has 0 bridgehead atoms. The Labute approximate surface area is 99.3 Å². The van der Waals surface area contributed by atoms with E-state index in [2.05, 4.69) is 5.10 Å². The van der Waals surface area contributed by atoms with E-state index in [4.69, 9.17) is 21.1 Å². The maximum atomic E-state index is 11.8. The molecule has 1 aromatic rings. The number of carbonyl (C=O) groups excluding carboxylic acids is 1. The van der Waals surface area contributed by atoms with Crippen LogP contribution in [0.2, 0.25) is 5.02 Å². The molecule has 0 amide bonds. The molecular formula is C10H15ClN2O3. The second-order valence-electron chi connectivity index (χ2n) is 3.22. The Hall–Kier alpha value is -0.910. The highest BCUT2D eigenvalue weighted by atomic mass is 35.5. The lowest BCUT2D eigenvalue weighted by Crippen LogP contribution is -2.15. The quantitative estimate of drug-likeness (QED) is 0.683. The van der Waals surface area contributed by atoms with E-state index < -0.39 is 0 Å². The molecule has 1 rings (SSSR count). The first-order chi connectivity index (χ1) is 7.70. The summed E-state index contributed by atoms with van der Waals surface area (Å²) in [5.74, 6) is -0.0690. The largest absolute Gasteiger partial charge is 0.384 e. The van der Waals surface area contributed by atoms with Gasteiger partial charge in [0.25, 0.3) is 0 Å². The highest BCUT2D eigenvalue weighted by Crippen LogP contribution is 2.16. The normalized spacial score (nSPS) is 10.7. The second-order valence-corrected chi connectivity index (χ2v) is 3.63. The summed E-state index contributed by atoms with van der Waals surface area (Å²) in [4.78, 5) is 11.8. The number of ketones is 1. The Balaban J connectivity index is 2.75. The molecule has 5 nitrogen and oxygen atoms in total. The van der Waals surface area contributed by atoms with Gasteiger partial charge in [0.05, 0.1) is 31.0 Å². The SMILES string of the molecule is COCCC(=O)c1c(Cl)cnn1CCOC. The van der Waals surface area contributed by atoms with Crippen LogP contribution in [0.1, 0.15) is 16.9 Å². The van der Waals surface area contributed by atoms with Gasteiger partial charge in [0, 0.05) is 20.6 Å². The molecule has 1 heterocycles. The van der Waals surface area contributed by atoms with Crippen LogP contribution in [0.4, 0.5) is 0 Å². The van der Waals surface area contributed by atoms with Crippen molar-refractivity contribution in [2.24, 2.45) is 0 Å². The number of ether oxygens (including phenoxy) is 2. The van der Waals surface area contributed by atoms with Crippen LogP contribution in [0.15, 0.2) is 6.20 Å². The van der Waals surface area contributed by atoms with Crippen LogP contribution in [0.3, 0.4) is 0 Å². The molecule has 0 fully saturated rings. The van der Waals surface area contributed by atoms with E-state index in [1.54, 1.807) is 18.9 Å². The molecule has 90 valence electrons. The monoisotopic (exact) mass is 246 g/mol. The molecule has 0 spiro atoms. The van der Waals surface area contributed by atoms with Gasteiger partial charge in [0.2, 0.25) is 0 Å². The predicted octanol–water partition coefficient (Wildman–Crippen LogP) is 1.40. The van der Waals surface area contributed by atoms with E-state index in [0.717, 1.165) is 0 Å². The number of rotatable bonds is 7. The Morgan fingerprint density at radius 3 is 2.75 bits per heavy atom. The summed E-state index contributed by atoms with van der Waals surface area (Å²) in [6.07, 6.45) is 1.77. The number of hydrogen-bond acceptors (Lipinski definition) is 4. The van der Waals surface area contributed by atoms with Crippen molar-refractivity contribution in [1.82, 2.24) is 9.78 Å². The van der Waals surface area contributed by atoms with Crippen LogP contribution >= 0.6 is 11.6 Å². The van der Waals surface area contributed by atoms with Crippen LogP contribution in [0, 0.1) is 0 Å². The molecular weight excluding hydrogens is 232 g/mol. The van der Waals surface area contributed by atoms with E-state index in [1.807, 2.05) is 0 Å². The molecule has 0 N–H and O–H groups in total. The highest BCUT2D eigenvalue weighted by molar-refractivity contribution is 6.33. The van der Waals surface area contributed by atoms with Crippen LogP contribution in [-0.2, 0) is 16.0 Å². The van der Waals surface area contributed by atoms with Crippen molar-refractivity contribution in [1.29, 1.82) is 0 Å². The van der Waals surface area contributed by atoms with E-state index >= 15 is 0 Å². The van der Waals surface area contributed by atoms with Crippen molar-refractivity contribution in [2.75, 3.05) is 27.4 Å². The first kappa shape index (κ1) is 13.2. The van der Waals surface area contributed by atoms with Gasteiger partial charge in [-0.1, -0.05) is 11.6 Å². The summed E-state index contributed by atoms with van der Waals surface area (Å²) in [5.41, 5.74) is 0.427.